The van der Waals surface area contributed by atoms with Gasteiger partial charge in [-0.1, -0.05) is 11.6 Å². The lowest BCUT2D eigenvalue weighted by Gasteiger charge is -2.08. The SMILES string of the molecule is COc1c(I)ccc(Cl)c1N=C(N)CCl. The molecule has 0 aromatic heterocycles. The Hall–Kier alpha value is -0.200. The lowest BCUT2D eigenvalue weighted by Crippen LogP contribution is -2.12. The summed E-state index contributed by atoms with van der Waals surface area (Å²) in [5, 5.41) is 0.486. The van der Waals surface area contributed by atoms with Gasteiger partial charge in [0.1, 0.15) is 11.5 Å². The largest absolute Gasteiger partial charge is 0.493 e. The number of benzene rings is 1. The Kier molecular flexibility index (Phi) is 4.95. The Labute approximate surface area is 112 Å². The maximum atomic E-state index is 5.99. The number of ether oxygens (including phenoxy) is 1. The Morgan fingerprint density at radius 1 is 1.60 bits per heavy atom. The minimum absolute atomic E-state index is 0.158. The number of rotatable bonds is 3. The smallest absolute Gasteiger partial charge is 0.159 e. The maximum Gasteiger partial charge on any atom is 0.159 e. The number of hydrogen-bond acceptors (Lipinski definition) is 2. The fourth-order valence-corrected chi connectivity index (χ4v) is 1.90. The van der Waals surface area contributed by atoms with Crippen molar-refractivity contribution in [2.45, 2.75) is 0 Å². The Balaban J connectivity index is 3.31. The zero-order chi connectivity index (χ0) is 11.4. The molecule has 1 rings (SSSR count). The minimum atomic E-state index is 0.158. The lowest BCUT2D eigenvalue weighted by molar-refractivity contribution is 0.413. The van der Waals surface area contributed by atoms with Crippen LogP contribution in [0.15, 0.2) is 17.1 Å². The van der Waals surface area contributed by atoms with Gasteiger partial charge in [0.15, 0.2) is 5.75 Å². The molecule has 0 fully saturated rings. The van der Waals surface area contributed by atoms with Crippen molar-refractivity contribution < 1.29 is 4.74 Å². The monoisotopic (exact) mass is 358 g/mol. The fraction of sp³-hybridized carbons (Fsp3) is 0.222. The average Bonchev–Trinajstić information content (AvgIpc) is 2.23. The molecule has 0 aliphatic heterocycles. The van der Waals surface area contributed by atoms with Crippen molar-refractivity contribution in [2.75, 3.05) is 13.0 Å². The van der Waals surface area contributed by atoms with Crippen LogP contribution in [0.3, 0.4) is 0 Å². The molecule has 0 spiro atoms. The van der Waals surface area contributed by atoms with Gasteiger partial charge in [0, 0.05) is 0 Å². The highest BCUT2D eigenvalue weighted by Gasteiger charge is 2.11. The van der Waals surface area contributed by atoms with E-state index < -0.39 is 0 Å². The molecule has 82 valence electrons. The Bertz CT molecular complexity index is 396. The van der Waals surface area contributed by atoms with Crippen LogP contribution in [0.4, 0.5) is 5.69 Å². The first kappa shape index (κ1) is 12.9. The van der Waals surface area contributed by atoms with Crippen molar-refractivity contribution in [1.82, 2.24) is 0 Å². The summed E-state index contributed by atoms with van der Waals surface area (Å²) in [6.07, 6.45) is 0. The first-order valence-electron chi connectivity index (χ1n) is 4.01. The van der Waals surface area contributed by atoms with E-state index in [0.29, 0.717) is 22.3 Å². The van der Waals surface area contributed by atoms with Crippen LogP contribution in [0, 0.1) is 3.57 Å². The first-order valence-corrected chi connectivity index (χ1v) is 6.00. The molecular weight excluding hydrogens is 350 g/mol. The zero-order valence-corrected chi connectivity index (χ0v) is 11.6. The van der Waals surface area contributed by atoms with Crippen LogP contribution in [0.25, 0.3) is 0 Å². The fourth-order valence-electron chi connectivity index (χ4n) is 0.994. The first-order chi connectivity index (χ1) is 7.10. The van der Waals surface area contributed by atoms with Gasteiger partial charge in [-0.05, 0) is 34.7 Å². The standard InChI is InChI=1S/C9H9Cl2IN2O/c1-15-9-6(12)3-2-5(11)8(9)14-7(13)4-10/h2-3H,4H2,1H3,(H2,13,14). The van der Waals surface area contributed by atoms with Gasteiger partial charge in [-0.3, -0.25) is 0 Å². The molecule has 0 unspecified atom stereocenters. The predicted molar refractivity (Wildman–Crippen MR) is 72.7 cm³/mol. The van der Waals surface area contributed by atoms with Gasteiger partial charge in [-0.2, -0.15) is 0 Å². The van der Waals surface area contributed by atoms with E-state index in [0.717, 1.165) is 3.57 Å². The number of nitrogens with zero attached hydrogens (tertiary/aromatic N) is 1. The molecule has 1 aromatic carbocycles. The lowest BCUT2D eigenvalue weighted by atomic mass is 10.3. The van der Waals surface area contributed by atoms with Crippen LogP contribution in [-0.2, 0) is 0 Å². The molecule has 2 N–H and O–H groups in total. The third-order valence-electron chi connectivity index (χ3n) is 1.63. The Morgan fingerprint density at radius 2 is 2.27 bits per heavy atom. The van der Waals surface area contributed by atoms with Crippen LogP contribution in [0.1, 0.15) is 0 Å². The summed E-state index contributed by atoms with van der Waals surface area (Å²) in [5.74, 6) is 1.07. The van der Waals surface area contributed by atoms with Crippen molar-refractivity contribution in [3.63, 3.8) is 0 Å². The van der Waals surface area contributed by atoms with Crippen LogP contribution in [0.2, 0.25) is 5.02 Å². The van der Waals surface area contributed by atoms with E-state index >= 15 is 0 Å². The predicted octanol–water partition coefficient (Wildman–Crippen LogP) is 3.18. The summed E-state index contributed by atoms with van der Waals surface area (Å²) in [7, 11) is 1.56. The molecule has 0 aliphatic carbocycles. The molecule has 0 aliphatic rings. The van der Waals surface area contributed by atoms with E-state index in [1.807, 2.05) is 6.07 Å². The molecule has 0 bridgehead atoms. The highest BCUT2D eigenvalue weighted by molar-refractivity contribution is 14.1. The van der Waals surface area contributed by atoms with E-state index in [1.54, 1.807) is 13.2 Å². The molecule has 0 heterocycles. The van der Waals surface area contributed by atoms with Crippen molar-refractivity contribution in [2.24, 2.45) is 10.7 Å². The number of alkyl halides is 1. The average molecular weight is 359 g/mol. The van der Waals surface area contributed by atoms with Crippen LogP contribution in [-0.4, -0.2) is 18.8 Å². The highest BCUT2D eigenvalue weighted by atomic mass is 127. The van der Waals surface area contributed by atoms with E-state index in [-0.39, 0.29) is 5.88 Å². The number of amidine groups is 1. The molecule has 15 heavy (non-hydrogen) atoms. The molecule has 6 heteroatoms. The molecule has 0 atom stereocenters. The van der Waals surface area contributed by atoms with Gasteiger partial charge in [-0.15, -0.1) is 11.6 Å². The zero-order valence-electron chi connectivity index (χ0n) is 7.93. The summed E-state index contributed by atoms with van der Waals surface area (Å²) in [5.41, 5.74) is 6.07. The Morgan fingerprint density at radius 3 is 2.80 bits per heavy atom. The van der Waals surface area contributed by atoms with Gasteiger partial charge in [0.25, 0.3) is 0 Å². The quantitative estimate of drug-likeness (QED) is 0.390. The van der Waals surface area contributed by atoms with Crippen LogP contribution >= 0.6 is 45.8 Å². The molecule has 0 saturated heterocycles. The topological polar surface area (TPSA) is 47.6 Å². The summed E-state index contributed by atoms with van der Waals surface area (Å²) >= 11 is 13.7. The van der Waals surface area contributed by atoms with Crippen molar-refractivity contribution in [3.05, 3.63) is 20.7 Å². The molecule has 0 amide bonds. The van der Waals surface area contributed by atoms with Crippen molar-refractivity contribution >= 4 is 57.3 Å². The third kappa shape index (κ3) is 3.12. The van der Waals surface area contributed by atoms with Gasteiger partial charge < -0.3 is 10.5 Å². The van der Waals surface area contributed by atoms with E-state index in [9.17, 15) is 0 Å². The highest BCUT2D eigenvalue weighted by Crippen LogP contribution is 2.38. The van der Waals surface area contributed by atoms with Gasteiger partial charge in [-0.25, -0.2) is 4.99 Å². The summed E-state index contributed by atoms with van der Waals surface area (Å²) in [4.78, 5) is 4.11. The van der Waals surface area contributed by atoms with Crippen LogP contribution < -0.4 is 10.5 Å². The molecule has 0 saturated carbocycles. The van der Waals surface area contributed by atoms with E-state index in [4.69, 9.17) is 33.7 Å². The van der Waals surface area contributed by atoms with Gasteiger partial charge in [0.05, 0.1) is 21.6 Å². The number of hydrogen-bond donors (Lipinski definition) is 1. The van der Waals surface area contributed by atoms with Crippen LogP contribution in [0.5, 0.6) is 5.75 Å². The molecule has 1 aromatic rings. The normalized spacial score (nSPS) is 11.6. The molecular formula is C9H9Cl2IN2O. The molecule has 0 radical (unpaired) electrons. The van der Waals surface area contributed by atoms with Gasteiger partial charge in [0.2, 0.25) is 0 Å². The molecule has 3 nitrogen and oxygen atoms in total. The number of aliphatic imine (C=N–C) groups is 1. The maximum absolute atomic E-state index is 5.99. The van der Waals surface area contributed by atoms with E-state index in [1.165, 1.54) is 0 Å². The van der Waals surface area contributed by atoms with Crippen molar-refractivity contribution in [3.8, 4) is 5.75 Å². The number of nitrogens with two attached hydrogens (primary N) is 1. The third-order valence-corrected chi connectivity index (χ3v) is 3.06. The van der Waals surface area contributed by atoms with Gasteiger partial charge >= 0.3 is 0 Å². The summed E-state index contributed by atoms with van der Waals surface area (Å²) in [6.45, 7) is 0. The van der Waals surface area contributed by atoms with Crippen molar-refractivity contribution in [1.29, 1.82) is 0 Å². The minimum Gasteiger partial charge on any atom is -0.493 e. The second kappa shape index (κ2) is 5.77. The second-order valence-corrected chi connectivity index (χ2v) is 4.48. The summed E-state index contributed by atoms with van der Waals surface area (Å²) < 4.78 is 6.12. The number of methoxy groups -OCH3 is 1. The number of halogens is 3. The van der Waals surface area contributed by atoms with E-state index in [2.05, 4.69) is 27.6 Å². The second-order valence-electron chi connectivity index (χ2n) is 2.65. The summed E-state index contributed by atoms with van der Waals surface area (Å²) in [6, 6.07) is 3.59.